The zero-order valence-corrected chi connectivity index (χ0v) is 14.5. The molecular formula is C19H24N2O3. The molecule has 0 fully saturated rings. The molecule has 1 aromatic heterocycles. The summed E-state index contributed by atoms with van der Waals surface area (Å²) >= 11 is 0. The van der Waals surface area contributed by atoms with E-state index in [1.807, 2.05) is 30.3 Å². The van der Waals surface area contributed by atoms with Gasteiger partial charge in [-0.3, -0.25) is 9.59 Å². The SMILES string of the molecule is CC(=O)c1c(C)[nH]c(C(=O)NC(C)C(O)Cc2ccccc2)c1C. The van der Waals surface area contributed by atoms with Gasteiger partial charge in [-0.2, -0.15) is 0 Å². The minimum atomic E-state index is -0.694. The summed E-state index contributed by atoms with van der Waals surface area (Å²) < 4.78 is 0. The molecule has 24 heavy (non-hydrogen) atoms. The van der Waals surface area contributed by atoms with E-state index in [0.717, 1.165) is 5.56 Å². The second kappa shape index (κ2) is 7.45. The number of aliphatic hydroxyl groups is 1. The first-order valence-corrected chi connectivity index (χ1v) is 8.04. The van der Waals surface area contributed by atoms with Crippen molar-refractivity contribution in [3.05, 3.63) is 58.4 Å². The highest BCUT2D eigenvalue weighted by atomic mass is 16.3. The molecule has 0 saturated carbocycles. The molecule has 0 aliphatic heterocycles. The van der Waals surface area contributed by atoms with Crippen molar-refractivity contribution in [2.45, 2.75) is 46.3 Å². The van der Waals surface area contributed by atoms with Gasteiger partial charge in [0.1, 0.15) is 5.69 Å². The van der Waals surface area contributed by atoms with Crippen LogP contribution in [0.5, 0.6) is 0 Å². The van der Waals surface area contributed by atoms with Crippen molar-refractivity contribution >= 4 is 11.7 Å². The molecule has 2 atom stereocenters. The number of hydrogen-bond donors (Lipinski definition) is 3. The van der Waals surface area contributed by atoms with E-state index < -0.39 is 12.1 Å². The van der Waals surface area contributed by atoms with Gasteiger partial charge in [0.05, 0.1) is 12.1 Å². The summed E-state index contributed by atoms with van der Waals surface area (Å²) in [5.41, 5.74) is 3.26. The number of aliphatic hydroxyl groups excluding tert-OH is 1. The van der Waals surface area contributed by atoms with Crippen LogP contribution in [0, 0.1) is 13.8 Å². The molecule has 2 aromatic rings. The number of aromatic nitrogens is 1. The predicted molar refractivity (Wildman–Crippen MR) is 93.4 cm³/mol. The molecule has 2 unspecified atom stereocenters. The normalized spacial score (nSPS) is 13.4. The quantitative estimate of drug-likeness (QED) is 0.713. The van der Waals surface area contributed by atoms with Crippen molar-refractivity contribution in [2.75, 3.05) is 0 Å². The van der Waals surface area contributed by atoms with Gasteiger partial charge in [0.15, 0.2) is 5.78 Å². The topological polar surface area (TPSA) is 82.2 Å². The van der Waals surface area contributed by atoms with Crippen LogP contribution in [0.1, 0.15) is 51.5 Å². The average molecular weight is 328 g/mol. The zero-order valence-electron chi connectivity index (χ0n) is 14.5. The van der Waals surface area contributed by atoms with E-state index in [-0.39, 0.29) is 11.7 Å². The molecule has 0 radical (unpaired) electrons. The van der Waals surface area contributed by atoms with Gasteiger partial charge in [-0.1, -0.05) is 30.3 Å². The summed E-state index contributed by atoms with van der Waals surface area (Å²) in [5, 5.41) is 13.1. The number of hydrogen-bond acceptors (Lipinski definition) is 3. The Morgan fingerprint density at radius 2 is 1.83 bits per heavy atom. The van der Waals surface area contributed by atoms with E-state index in [1.54, 1.807) is 20.8 Å². The van der Waals surface area contributed by atoms with Crippen LogP contribution in [0.4, 0.5) is 0 Å². The number of aromatic amines is 1. The third-order valence-electron chi connectivity index (χ3n) is 4.24. The molecule has 2 rings (SSSR count). The third-order valence-corrected chi connectivity index (χ3v) is 4.24. The van der Waals surface area contributed by atoms with Gasteiger partial charge in [0, 0.05) is 17.7 Å². The first-order chi connectivity index (χ1) is 11.3. The van der Waals surface area contributed by atoms with Gasteiger partial charge in [-0.25, -0.2) is 0 Å². The first kappa shape index (κ1) is 17.9. The molecule has 1 amide bonds. The number of amides is 1. The van der Waals surface area contributed by atoms with Gasteiger partial charge in [-0.05, 0) is 38.8 Å². The summed E-state index contributed by atoms with van der Waals surface area (Å²) in [5.74, 6) is -0.389. The molecular weight excluding hydrogens is 304 g/mol. The number of H-pyrrole nitrogens is 1. The second-order valence-electron chi connectivity index (χ2n) is 6.20. The van der Waals surface area contributed by atoms with Crippen LogP contribution in [0.2, 0.25) is 0 Å². The van der Waals surface area contributed by atoms with Crippen LogP contribution < -0.4 is 5.32 Å². The first-order valence-electron chi connectivity index (χ1n) is 8.04. The van der Waals surface area contributed by atoms with Crippen LogP contribution in [0.25, 0.3) is 0 Å². The van der Waals surface area contributed by atoms with Gasteiger partial charge in [0.2, 0.25) is 0 Å². The van der Waals surface area contributed by atoms with Crippen LogP contribution >= 0.6 is 0 Å². The Morgan fingerprint density at radius 3 is 2.38 bits per heavy atom. The minimum Gasteiger partial charge on any atom is -0.391 e. The molecule has 3 N–H and O–H groups in total. The van der Waals surface area contributed by atoms with E-state index in [2.05, 4.69) is 10.3 Å². The Bertz CT molecular complexity index is 735. The Hall–Kier alpha value is -2.40. The van der Waals surface area contributed by atoms with Gasteiger partial charge < -0.3 is 15.4 Å². The fourth-order valence-corrected chi connectivity index (χ4v) is 2.91. The molecule has 0 aliphatic rings. The van der Waals surface area contributed by atoms with Gasteiger partial charge in [-0.15, -0.1) is 0 Å². The van der Waals surface area contributed by atoms with Gasteiger partial charge in [0.25, 0.3) is 5.91 Å². The van der Waals surface area contributed by atoms with E-state index in [4.69, 9.17) is 0 Å². The van der Waals surface area contributed by atoms with E-state index in [1.165, 1.54) is 6.92 Å². The van der Waals surface area contributed by atoms with E-state index in [9.17, 15) is 14.7 Å². The molecule has 0 bridgehead atoms. The number of rotatable bonds is 6. The fourth-order valence-electron chi connectivity index (χ4n) is 2.91. The third kappa shape index (κ3) is 3.92. The number of carbonyl (C=O) groups is 2. The molecule has 0 spiro atoms. The summed E-state index contributed by atoms with van der Waals surface area (Å²) in [6.45, 7) is 6.77. The number of carbonyl (C=O) groups excluding carboxylic acids is 2. The van der Waals surface area contributed by atoms with Crippen molar-refractivity contribution in [1.82, 2.24) is 10.3 Å². The Morgan fingerprint density at radius 1 is 1.21 bits per heavy atom. The maximum atomic E-state index is 12.5. The molecule has 1 heterocycles. The predicted octanol–water partition coefficient (Wildman–Crippen LogP) is 2.56. The van der Waals surface area contributed by atoms with Crippen molar-refractivity contribution < 1.29 is 14.7 Å². The highest BCUT2D eigenvalue weighted by molar-refractivity contribution is 6.02. The molecule has 0 saturated heterocycles. The minimum absolute atomic E-state index is 0.0718. The van der Waals surface area contributed by atoms with E-state index >= 15 is 0 Å². The maximum absolute atomic E-state index is 12.5. The second-order valence-corrected chi connectivity index (χ2v) is 6.20. The largest absolute Gasteiger partial charge is 0.391 e. The van der Waals surface area contributed by atoms with Crippen molar-refractivity contribution in [1.29, 1.82) is 0 Å². The number of Topliss-reactive ketones (excluding diaryl/α,β-unsaturated/α-hetero) is 1. The van der Waals surface area contributed by atoms with Crippen LogP contribution in [0.3, 0.4) is 0 Å². The fraction of sp³-hybridized carbons (Fsp3) is 0.368. The molecule has 5 heteroatoms. The monoisotopic (exact) mass is 328 g/mol. The van der Waals surface area contributed by atoms with Crippen molar-refractivity contribution in [3.8, 4) is 0 Å². The highest BCUT2D eigenvalue weighted by Crippen LogP contribution is 2.18. The lowest BCUT2D eigenvalue weighted by atomic mass is 10.0. The summed E-state index contributed by atoms with van der Waals surface area (Å²) in [6.07, 6.45) is -0.232. The zero-order chi connectivity index (χ0) is 17.9. The smallest absolute Gasteiger partial charge is 0.268 e. The lowest BCUT2D eigenvalue weighted by molar-refractivity contribution is 0.0847. The summed E-state index contributed by atoms with van der Waals surface area (Å²) in [7, 11) is 0. The Kier molecular flexibility index (Phi) is 5.57. The lowest BCUT2D eigenvalue weighted by Crippen LogP contribution is -2.42. The Balaban J connectivity index is 2.06. The number of aryl methyl sites for hydroxylation is 1. The molecule has 0 aliphatic carbocycles. The number of ketones is 1. The number of benzene rings is 1. The maximum Gasteiger partial charge on any atom is 0.268 e. The van der Waals surface area contributed by atoms with Crippen molar-refractivity contribution in [2.24, 2.45) is 0 Å². The molecule has 128 valence electrons. The van der Waals surface area contributed by atoms with Crippen molar-refractivity contribution in [3.63, 3.8) is 0 Å². The van der Waals surface area contributed by atoms with Crippen LogP contribution in [0.15, 0.2) is 30.3 Å². The number of nitrogens with one attached hydrogen (secondary N) is 2. The van der Waals surface area contributed by atoms with E-state index in [0.29, 0.717) is 28.9 Å². The van der Waals surface area contributed by atoms with Crippen LogP contribution in [-0.4, -0.2) is 33.9 Å². The highest BCUT2D eigenvalue weighted by Gasteiger charge is 2.23. The van der Waals surface area contributed by atoms with Gasteiger partial charge >= 0.3 is 0 Å². The molecule has 1 aromatic carbocycles. The standard InChI is InChI=1S/C19H24N2O3/c1-11-17(14(4)22)13(3)20-18(11)19(24)21-12(2)16(23)10-15-8-6-5-7-9-15/h5-9,12,16,20,23H,10H2,1-4H3,(H,21,24). The van der Waals surface area contributed by atoms with Crippen LogP contribution in [-0.2, 0) is 6.42 Å². The Labute approximate surface area is 142 Å². The molecule has 5 nitrogen and oxygen atoms in total. The lowest BCUT2D eigenvalue weighted by Gasteiger charge is -2.20. The average Bonchev–Trinajstić information content (AvgIpc) is 2.83. The summed E-state index contributed by atoms with van der Waals surface area (Å²) in [4.78, 5) is 27.1. The summed E-state index contributed by atoms with van der Waals surface area (Å²) in [6, 6.07) is 9.22.